The number of primary sulfonamides is 1. The average molecular weight is 267 g/mol. The van der Waals surface area contributed by atoms with Crippen molar-refractivity contribution in [3.05, 3.63) is 18.5 Å². The van der Waals surface area contributed by atoms with Gasteiger partial charge in [-0.15, -0.1) is 0 Å². The maximum absolute atomic E-state index is 11.5. The number of aromatic nitrogens is 1. The molecule has 0 aliphatic heterocycles. The second-order valence-electron chi connectivity index (χ2n) is 5.47. The molecule has 5 nitrogen and oxygen atoms in total. The molecule has 2 saturated carbocycles. The zero-order valence-corrected chi connectivity index (χ0v) is 10.9. The Morgan fingerprint density at radius 2 is 2.11 bits per heavy atom. The molecule has 1 aromatic rings. The number of pyridine rings is 1. The van der Waals surface area contributed by atoms with E-state index < -0.39 is 10.0 Å². The van der Waals surface area contributed by atoms with Crippen molar-refractivity contribution in [2.45, 2.75) is 42.5 Å². The highest BCUT2D eigenvalue weighted by Crippen LogP contribution is 2.49. The number of sulfonamides is 1. The van der Waals surface area contributed by atoms with Crippen LogP contribution in [0.2, 0.25) is 0 Å². The van der Waals surface area contributed by atoms with Crippen LogP contribution in [0.4, 0.5) is 5.69 Å². The first-order chi connectivity index (χ1) is 8.49. The van der Waals surface area contributed by atoms with Gasteiger partial charge >= 0.3 is 0 Å². The second-order valence-corrected chi connectivity index (χ2v) is 7.00. The van der Waals surface area contributed by atoms with Gasteiger partial charge in [-0.1, -0.05) is 0 Å². The lowest BCUT2D eigenvalue weighted by atomic mass is 9.93. The Morgan fingerprint density at radius 1 is 1.39 bits per heavy atom. The van der Waals surface area contributed by atoms with Crippen LogP contribution in [-0.2, 0) is 10.0 Å². The minimum absolute atomic E-state index is 0.0749. The molecule has 0 radical (unpaired) electrons. The molecular formula is C12H17N3O2S. The normalized spacial score (nSPS) is 30.6. The van der Waals surface area contributed by atoms with Gasteiger partial charge in [-0.2, -0.15) is 0 Å². The number of hydrogen-bond donors (Lipinski definition) is 2. The second kappa shape index (κ2) is 3.93. The molecule has 3 N–H and O–H groups in total. The van der Waals surface area contributed by atoms with Crippen molar-refractivity contribution in [3.63, 3.8) is 0 Å². The average Bonchev–Trinajstić information content (AvgIpc) is 2.88. The fraction of sp³-hybridized carbons (Fsp3) is 0.583. The van der Waals surface area contributed by atoms with E-state index in [4.69, 9.17) is 5.14 Å². The Kier molecular flexibility index (Phi) is 2.60. The lowest BCUT2D eigenvalue weighted by Crippen LogP contribution is -2.34. The predicted octanol–water partition coefficient (Wildman–Crippen LogP) is 1.47. The van der Waals surface area contributed by atoms with Gasteiger partial charge in [-0.05, 0) is 44.1 Å². The van der Waals surface area contributed by atoms with Crippen LogP contribution in [0.5, 0.6) is 0 Å². The highest BCUT2D eigenvalue weighted by molar-refractivity contribution is 7.89. The van der Waals surface area contributed by atoms with E-state index in [-0.39, 0.29) is 10.4 Å². The molecule has 2 aliphatic carbocycles. The standard InChI is InChI=1S/C12H17N3O2S/c13-18(16,17)11-8-14-6-3-10(11)15-12-4-1-9(7-12)2-5-12/h3,6,8-9H,1-2,4-5,7H2,(H,14,15)(H2,13,16,17). The fourth-order valence-electron chi connectivity index (χ4n) is 3.36. The first-order valence-corrected chi connectivity index (χ1v) is 7.78. The number of nitrogens with zero attached hydrogens (tertiary/aromatic N) is 1. The molecular weight excluding hydrogens is 250 g/mol. The van der Waals surface area contributed by atoms with Gasteiger partial charge in [0.2, 0.25) is 10.0 Å². The van der Waals surface area contributed by atoms with E-state index in [0.717, 1.165) is 25.2 Å². The summed E-state index contributed by atoms with van der Waals surface area (Å²) in [5, 5.41) is 8.64. The minimum atomic E-state index is -3.72. The van der Waals surface area contributed by atoms with Gasteiger partial charge in [0.15, 0.2) is 0 Å². The van der Waals surface area contributed by atoms with Crippen LogP contribution >= 0.6 is 0 Å². The number of nitrogens with two attached hydrogens (primary N) is 1. The van der Waals surface area contributed by atoms with Crippen LogP contribution in [0.3, 0.4) is 0 Å². The summed E-state index contributed by atoms with van der Waals surface area (Å²) in [7, 11) is -3.72. The third-order valence-electron chi connectivity index (χ3n) is 4.23. The van der Waals surface area contributed by atoms with Crippen LogP contribution in [0.25, 0.3) is 0 Å². The van der Waals surface area contributed by atoms with E-state index >= 15 is 0 Å². The highest BCUT2D eigenvalue weighted by Gasteiger charge is 2.45. The first-order valence-electron chi connectivity index (χ1n) is 6.24. The zero-order valence-electron chi connectivity index (χ0n) is 10.1. The van der Waals surface area contributed by atoms with Crippen molar-refractivity contribution >= 4 is 15.7 Å². The Bertz CT molecular complexity index is 562. The van der Waals surface area contributed by atoms with Crippen LogP contribution in [-0.4, -0.2) is 18.9 Å². The van der Waals surface area contributed by atoms with Gasteiger partial charge in [0.05, 0.1) is 5.69 Å². The summed E-state index contributed by atoms with van der Waals surface area (Å²) in [6, 6.07) is 1.69. The quantitative estimate of drug-likeness (QED) is 0.868. The molecule has 0 amide bonds. The molecule has 1 heterocycles. The number of fused-ring (bicyclic) bond motifs is 2. The SMILES string of the molecule is NS(=O)(=O)c1cnccc1NC12CCC(CC1)C2. The maximum Gasteiger partial charge on any atom is 0.241 e. The third kappa shape index (κ3) is 1.99. The molecule has 18 heavy (non-hydrogen) atoms. The van der Waals surface area contributed by atoms with Crippen LogP contribution < -0.4 is 10.5 Å². The fourth-order valence-corrected chi connectivity index (χ4v) is 4.00. The topological polar surface area (TPSA) is 85.1 Å². The van der Waals surface area contributed by atoms with Crippen molar-refractivity contribution < 1.29 is 8.42 Å². The third-order valence-corrected chi connectivity index (χ3v) is 5.17. The highest BCUT2D eigenvalue weighted by atomic mass is 32.2. The lowest BCUT2D eigenvalue weighted by molar-refractivity contribution is 0.446. The van der Waals surface area contributed by atoms with Gasteiger partial charge in [0.1, 0.15) is 4.90 Å². The van der Waals surface area contributed by atoms with E-state index in [1.165, 1.54) is 19.0 Å². The molecule has 0 saturated heterocycles. The van der Waals surface area contributed by atoms with Crippen molar-refractivity contribution in [1.82, 2.24) is 4.98 Å². The molecule has 0 atom stereocenters. The number of anilines is 1. The lowest BCUT2D eigenvalue weighted by Gasteiger charge is -2.30. The smallest absolute Gasteiger partial charge is 0.241 e. The van der Waals surface area contributed by atoms with Crippen molar-refractivity contribution in [1.29, 1.82) is 0 Å². The molecule has 3 rings (SSSR count). The van der Waals surface area contributed by atoms with E-state index in [2.05, 4.69) is 10.3 Å². The molecule has 2 fully saturated rings. The van der Waals surface area contributed by atoms with Gasteiger partial charge < -0.3 is 5.32 Å². The number of hydrogen-bond acceptors (Lipinski definition) is 4. The summed E-state index contributed by atoms with van der Waals surface area (Å²) in [6.07, 6.45) is 8.75. The summed E-state index contributed by atoms with van der Waals surface area (Å²) in [5.74, 6) is 0.803. The molecule has 0 spiro atoms. The molecule has 98 valence electrons. The van der Waals surface area contributed by atoms with E-state index in [1.54, 1.807) is 12.3 Å². The Balaban J connectivity index is 1.94. The van der Waals surface area contributed by atoms with Gasteiger partial charge in [0.25, 0.3) is 0 Å². The molecule has 0 unspecified atom stereocenters. The molecule has 1 aromatic heterocycles. The van der Waals surface area contributed by atoms with Crippen LogP contribution in [0.1, 0.15) is 32.1 Å². The van der Waals surface area contributed by atoms with E-state index in [9.17, 15) is 8.42 Å². The Hall–Kier alpha value is -1.14. The number of nitrogens with one attached hydrogen (secondary N) is 1. The molecule has 2 bridgehead atoms. The van der Waals surface area contributed by atoms with Crippen molar-refractivity contribution in [2.75, 3.05) is 5.32 Å². The summed E-state index contributed by atoms with van der Waals surface area (Å²) in [4.78, 5) is 3.94. The maximum atomic E-state index is 11.5. The van der Waals surface area contributed by atoms with Gasteiger partial charge in [-0.25, -0.2) is 13.6 Å². The zero-order chi connectivity index (χ0) is 12.8. The summed E-state index contributed by atoms with van der Waals surface area (Å²) in [6.45, 7) is 0. The van der Waals surface area contributed by atoms with E-state index in [0.29, 0.717) is 5.69 Å². The van der Waals surface area contributed by atoms with Crippen LogP contribution in [0.15, 0.2) is 23.4 Å². The Labute approximate surface area is 107 Å². The minimum Gasteiger partial charge on any atom is -0.378 e. The first kappa shape index (κ1) is 11.9. The van der Waals surface area contributed by atoms with E-state index in [1.807, 2.05) is 0 Å². The number of rotatable bonds is 3. The van der Waals surface area contributed by atoms with Crippen LogP contribution in [0, 0.1) is 5.92 Å². The van der Waals surface area contributed by atoms with Crippen molar-refractivity contribution in [2.24, 2.45) is 11.1 Å². The molecule has 6 heteroatoms. The molecule has 2 aliphatic rings. The van der Waals surface area contributed by atoms with Gasteiger partial charge in [0, 0.05) is 17.9 Å². The summed E-state index contributed by atoms with van der Waals surface area (Å²) < 4.78 is 23.1. The summed E-state index contributed by atoms with van der Waals surface area (Å²) in [5.41, 5.74) is 0.668. The summed E-state index contributed by atoms with van der Waals surface area (Å²) >= 11 is 0. The monoisotopic (exact) mass is 267 g/mol. The predicted molar refractivity (Wildman–Crippen MR) is 68.5 cm³/mol. The van der Waals surface area contributed by atoms with Gasteiger partial charge in [-0.3, -0.25) is 4.98 Å². The Morgan fingerprint density at radius 3 is 2.67 bits per heavy atom. The molecule has 0 aromatic carbocycles. The van der Waals surface area contributed by atoms with Crippen molar-refractivity contribution in [3.8, 4) is 0 Å². The largest absolute Gasteiger partial charge is 0.378 e.